The molecule has 1 fully saturated rings. The van der Waals surface area contributed by atoms with Crippen molar-refractivity contribution in [3.05, 3.63) is 35.9 Å². The van der Waals surface area contributed by atoms with Gasteiger partial charge in [0, 0.05) is 6.04 Å². The molecule has 1 aliphatic heterocycles. The van der Waals surface area contributed by atoms with Crippen LogP contribution < -0.4 is 0 Å². The highest BCUT2D eigenvalue weighted by molar-refractivity contribution is 5.73. The lowest BCUT2D eigenvalue weighted by Gasteiger charge is -2.36. The lowest BCUT2D eigenvalue weighted by Crippen LogP contribution is -2.45. The van der Waals surface area contributed by atoms with Crippen LogP contribution in [0.5, 0.6) is 0 Å². The summed E-state index contributed by atoms with van der Waals surface area (Å²) in [5, 5.41) is 0. The molecule has 0 saturated carbocycles. The summed E-state index contributed by atoms with van der Waals surface area (Å²) < 4.78 is 5.37. The second-order valence-corrected chi connectivity index (χ2v) is 3.98. The number of ether oxygens (including phenoxy) is 1. The number of likely N-dealkylation sites (N-methyl/N-ethyl adjacent to an activating group) is 1. The summed E-state index contributed by atoms with van der Waals surface area (Å²) in [7, 11) is 1.95. The predicted octanol–water partition coefficient (Wildman–Crippen LogP) is 1.60. The number of nitrogens with zero attached hydrogens (tertiary/aromatic N) is 1. The van der Waals surface area contributed by atoms with E-state index in [4.69, 9.17) is 4.74 Å². The summed E-state index contributed by atoms with van der Waals surface area (Å²) in [6, 6.07) is 10.1. The van der Waals surface area contributed by atoms with E-state index in [0.717, 1.165) is 5.56 Å². The third kappa shape index (κ3) is 2.02. The zero-order chi connectivity index (χ0) is 10.8. The van der Waals surface area contributed by atoms with E-state index < -0.39 is 0 Å². The summed E-state index contributed by atoms with van der Waals surface area (Å²) in [5.74, 6) is -0.149. The average Bonchev–Trinajstić information content (AvgIpc) is 2.24. The molecule has 1 heterocycles. The number of carbonyl (C=O) groups excluding carboxylic acids is 1. The van der Waals surface area contributed by atoms with Crippen LogP contribution in [0, 0.1) is 0 Å². The molecule has 80 valence electrons. The Labute approximate surface area is 89.7 Å². The standard InChI is InChI=1S/C12H15NO2/c1-9-12(10-6-4-3-5-7-10)15-11(14)8-13(9)2/h3-7,9,12H,8H2,1-2H3/t9-,12-/m0/s1. The molecule has 3 nitrogen and oxygen atoms in total. The van der Waals surface area contributed by atoms with E-state index in [-0.39, 0.29) is 18.1 Å². The van der Waals surface area contributed by atoms with Crippen LogP contribution in [0.3, 0.4) is 0 Å². The minimum absolute atomic E-state index is 0.141. The van der Waals surface area contributed by atoms with Gasteiger partial charge in [-0.25, -0.2) is 0 Å². The van der Waals surface area contributed by atoms with Crippen LogP contribution in [-0.4, -0.2) is 30.5 Å². The molecule has 0 aliphatic carbocycles. The molecule has 0 amide bonds. The summed E-state index contributed by atoms with van der Waals surface area (Å²) in [5.41, 5.74) is 1.06. The Balaban J connectivity index is 2.24. The molecule has 1 aromatic rings. The molecule has 15 heavy (non-hydrogen) atoms. The number of cyclic esters (lactones) is 1. The quantitative estimate of drug-likeness (QED) is 0.652. The summed E-state index contributed by atoms with van der Waals surface area (Å²) in [6.45, 7) is 2.45. The van der Waals surface area contributed by atoms with Crippen LogP contribution in [0.25, 0.3) is 0 Å². The van der Waals surface area contributed by atoms with Gasteiger partial charge >= 0.3 is 5.97 Å². The Kier molecular flexibility index (Phi) is 2.73. The van der Waals surface area contributed by atoms with Gasteiger partial charge in [0.15, 0.2) is 0 Å². The average molecular weight is 205 g/mol. The third-order valence-electron chi connectivity index (χ3n) is 2.90. The fourth-order valence-electron chi connectivity index (χ4n) is 1.85. The molecule has 0 N–H and O–H groups in total. The predicted molar refractivity (Wildman–Crippen MR) is 57.4 cm³/mol. The second kappa shape index (κ2) is 4.03. The lowest BCUT2D eigenvalue weighted by molar-refractivity contribution is -0.163. The van der Waals surface area contributed by atoms with Crippen molar-refractivity contribution in [3.63, 3.8) is 0 Å². The fourth-order valence-corrected chi connectivity index (χ4v) is 1.85. The second-order valence-electron chi connectivity index (χ2n) is 3.98. The lowest BCUT2D eigenvalue weighted by atomic mass is 10.0. The van der Waals surface area contributed by atoms with Gasteiger partial charge in [-0.05, 0) is 19.5 Å². The SMILES string of the molecule is C[C@H]1[C@@H](c2ccccc2)OC(=O)CN1C. The zero-order valence-electron chi connectivity index (χ0n) is 9.01. The van der Waals surface area contributed by atoms with Gasteiger partial charge in [0.1, 0.15) is 6.10 Å². The minimum Gasteiger partial charge on any atom is -0.455 e. The Bertz CT molecular complexity index is 350. The maximum absolute atomic E-state index is 11.3. The number of morpholine rings is 1. The molecule has 1 aliphatic rings. The summed E-state index contributed by atoms with van der Waals surface area (Å²) >= 11 is 0. The number of hydrogen-bond donors (Lipinski definition) is 0. The number of rotatable bonds is 1. The van der Waals surface area contributed by atoms with Crippen molar-refractivity contribution >= 4 is 5.97 Å². The van der Waals surface area contributed by atoms with Crippen molar-refractivity contribution in [2.24, 2.45) is 0 Å². The van der Waals surface area contributed by atoms with Gasteiger partial charge < -0.3 is 4.74 Å². The van der Waals surface area contributed by atoms with Crippen molar-refractivity contribution in [1.82, 2.24) is 4.90 Å². The van der Waals surface area contributed by atoms with Crippen molar-refractivity contribution in [3.8, 4) is 0 Å². The van der Waals surface area contributed by atoms with E-state index in [9.17, 15) is 4.79 Å². The Morgan fingerprint density at radius 3 is 2.67 bits per heavy atom. The Hall–Kier alpha value is -1.35. The van der Waals surface area contributed by atoms with Crippen molar-refractivity contribution < 1.29 is 9.53 Å². The van der Waals surface area contributed by atoms with Gasteiger partial charge in [0.25, 0.3) is 0 Å². The number of hydrogen-bond acceptors (Lipinski definition) is 3. The van der Waals surface area contributed by atoms with E-state index >= 15 is 0 Å². The van der Waals surface area contributed by atoms with E-state index in [0.29, 0.717) is 6.54 Å². The van der Waals surface area contributed by atoms with Crippen LogP contribution in [0.4, 0.5) is 0 Å². The van der Waals surface area contributed by atoms with Crippen molar-refractivity contribution in [1.29, 1.82) is 0 Å². The topological polar surface area (TPSA) is 29.5 Å². The number of carbonyl (C=O) groups is 1. The van der Waals surface area contributed by atoms with E-state index in [1.807, 2.05) is 42.3 Å². The highest BCUT2D eigenvalue weighted by Crippen LogP contribution is 2.27. The highest BCUT2D eigenvalue weighted by Gasteiger charge is 2.32. The molecule has 1 saturated heterocycles. The zero-order valence-corrected chi connectivity index (χ0v) is 9.01. The van der Waals surface area contributed by atoms with Crippen LogP contribution >= 0.6 is 0 Å². The highest BCUT2D eigenvalue weighted by atomic mass is 16.5. The van der Waals surface area contributed by atoms with Gasteiger partial charge in [-0.2, -0.15) is 0 Å². The first-order valence-corrected chi connectivity index (χ1v) is 5.13. The maximum atomic E-state index is 11.3. The van der Waals surface area contributed by atoms with Crippen LogP contribution in [-0.2, 0) is 9.53 Å². The summed E-state index contributed by atoms with van der Waals surface area (Å²) in [4.78, 5) is 13.4. The molecule has 1 aromatic carbocycles. The van der Waals surface area contributed by atoms with Gasteiger partial charge in [0.2, 0.25) is 0 Å². The van der Waals surface area contributed by atoms with E-state index in [1.54, 1.807) is 0 Å². The molecular formula is C12H15NO2. The Morgan fingerprint density at radius 1 is 1.33 bits per heavy atom. The molecule has 2 atom stereocenters. The van der Waals surface area contributed by atoms with Crippen LogP contribution in [0.15, 0.2) is 30.3 Å². The first-order valence-electron chi connectivity index (χ1n) is 5.13. The molecule has 0 bridgehead atoms. The smallest absolute Gasteiger partial charge is 0.320 e. The normalized spacial score (nSPS) is 27.5. The van der Waals surface area contributed by atoms with Gasteiger partial charge in [-0.3, -0.25) is 9.69 Å². The Morgan fingerprint density at radius 2 is 2.00 bits per heavy atom. The molecule has 0 unspecified atom stereocenters. The van der Waals surface area contributed by atoms with Gasteiger partial charge in [0.05, 0.1) is 6.54 Å². The van der Waals surface area contributed by atoms with Crippen molar-refractivity contribution in [2.75, 3.05) is 13.6 Å². The first-order chi connectivity index (χ1) is 7.18. The largest absolute Gasteiger partial charge is 0.455 e. The summed E-state index contributed by atoms with van der Waals surface area (Å²) in [6.07, 6.45) is -0.141. The van der Waals surface area contributed by atoms with Crippen molar-refractivity contribution in [2.45, 2.75) is 19.1 Å². The molecule has 3 heteroatoms. The number of benzene rings is 1. The van der Waals surface area contributed by atoms with E-state index in [1.165, 1.54) is 0 Å². The first kappa shape index (κ1) is 10.2. The fraction of sp³-hybridized carbons (Fsp3) is 0.417. The molecule has 2 rings (SSSR count). The molecule has 0 spiro atoms. The number of esters is 1. The minimum atomic E-state index is -0.149. The molecule has 0 radical (unpaired) electrons. The van der Waals surface area contributed by atoms with Gasteiger partial charge in [-0.15, -0.1) is 0 Å². The van der Waals surface area contributed by atoms with E-state index in [2.05, 4.69) is 6.92 Å². The van der Waals surface area contributed by atoms with Crippen LogP contribution in [0.2, 0.25) is 0 Å². The van der Waals surface area contributed by atoms with Crippen LogP contribution in [0.1, 0.15) is 18.6 Å². The monoisotopic (exact) mass is 205 g/mol. The third-order valence-corrected chi connectivity index (χ3v) is 2.90. The van der Waals surface area contributed by atoms with Gasteiger partial charge in [-0.1, -0.05) is 30.3 Å². The molecular weight excluding hydrogens is 190 g/mol. The molecule has 0 aromatic heterocycles. The maximum Gasteiger partial charge on any atom is 0.320 e.